The first-order chi connectivity index (χ1) is 5.43. The standard InChI is InChI=1S/C9H11N2/c1-2-3-4-5-6-9-10-7-8-11-9/h3-8H,1-2H2,(H,10,11)/b4-3+,6-5+. The number of hydrogen-bond donors (Lipinski definition) is 1. The summed E-state index contributed by atoms with van der Waals surface area (Å²) in [5.41, 5.74) is 0. The molecule has 1 aromatic rings. The van der Waals surface area contributed by atoms with Gasteiger partial charge in [0.2, 0.25) is 0 Å². The highest BCUT2D eigenvalue weighted by atomic mass is 14.9. The fourth-order valence-corrected chi connectivity index (χ4v) is 0.690. The fourth-order valence-electron chi connectivity index (χ4n) is 0.690. The highest BCUT2D eigenvalue weighted by Gasteiger charge is 1.81. The van der Waals surface area contributed by atoms with E-state index in [1.54, 1.807) is 12.4 Å². The smallest absolute Gasteiger partial charge is 0.129 e. The van der Waals surface area contributed by atoms with Gasteiger partial charge in [0.25, 0.3) is 0 Å². The summed E-state index contributed by atoms with van der Waals surface area (Å²) < 4.78 is 0. The molecular formula is C9H11N2. The zero-order valence-corrected chi connectivity index (χ0v) is 6.33. The molecule has 0 unspecified atom stereocenters. The highest BCUT2D eigenvalue weighted by Crippen LogP contribution is 1.92. The van der Waals surface area contributed by atoms with Crippen molar-refractivity contribution in [2.24, 2.45) is 0 Å². The first-order valence-electron chi connectivity index (χ1n) is 3.55. The van der Waals surface area contributed by atoms with E-state index in [-0.39, 0.29) is 0 Å². The molecule has 1 rings (SSSR count). The number of aromatic nitrogens is 2. The molecule has 0 saturated carbocycles. The SMILES string of the molecule is [CH2]C/C=C/C=C/c1ncc[nH]1. The van der Waals surface area contributed by atoms with Crippen molar-refractivity contribution in [2.45, 2.75) is 6.42 Å². The molecule has 57 valence electrons. The average Bonchev–Trinajstić information content (AvgIpc) is 2.50. The van der Waals surface area contributed by atoms with E-state index in [4.69, 9.17) is 0 Å². The molecule has 1 N–H and O–H groups in total. The molecule has 0 aliphatic carbocycles. The summed E-state index contributed by atoms with van der Waals surface area (Å²) in [6.45, 7) is 3.68. The van der Waals surface area contributed by atoms with Crippen LogP contribution < -0.4 is 0 Å². The van der Waals surface area contributed by atoms with Crippen LogP contribution in [0.15, 0.2) is 30.6 Å². The molecule has 0 atom stereocenters. The predicted octanol–water partition coefficient (Wildman–Crippen LogP) is 2.20. The second-order valence-electron chi connectivity index (χ2n) is 2.05. The maximum Gasteiger partial charge on any atom is 0.129 e. The van der Waals surface area contributed by atoms with Crippen molar-refractivity contribution in [2.75, 3.05) is 0 Å². The lowest BCUT2D eigenvalue weighted by Gasteiger charge is -1.79. The van der Waals surface area contributed by atoms with E-state index in [1.807, 2.05) is 24.3 Å². The van der Waals surface area contributed by atoms with E-state index < -0.39 is 0 Å². The molecule has 0 fully saturated rings. The van der Waals surface area contributed by atoms with Crippen LogP contribution in [0.1, 0.15) is 12.2 Å². The maximum absolute atomic E-state index is 4.02. The number of rotatable bonds is 3. The van der Waals surface area contributed by atoms with E-state index in [1.165, 1.54) is 0 Å². The number of allylic oxidation sites excluding steroid dienone is 3. The van der Waals surface area contributed by atoms with Crippen LogP contribution in [0.2, 0.25) is 0 Å². The molecule has 11 heavy (non-hydrogen) atoms. The summed E-state index contributed by atoms with van der Waals surface area (Å²) in [7, 11) is 0. The topological polar surface area (TPSA) is 28.7 Å². The second kappa shape index (κ2) is 4.50. The van der Waals surface area contributed by atoms with Crippen LogP contribution in [0.5, 0.6) is 0 Å². The minimum atomic E-state index is 0.822. The number of hydrogen-bond acceptors (Lipinski definition) is 1. The van der Waals surface area contributed by atoms with E-state index in [2.05, 4.69) is 16.9 Å². The molecule has 0 aromatic carbocycles. The van der Waals surface area contributed by atoms with Gasteiger partial charge in [-0.2, -0.15) is 0 Å². The molecule has 1 radical (unpaired) electrons. The van der Waals surface area contributed by atoms with E-state index >= 15 is 0 Å². The Morgan fingerprint density at radius 1 is 1.55 bits per heavy atom. The molecule has 2 heteroatoms. The Bertz CT molecular complexity index is 232. The average molecular weight is 147 g/mol. The van der Waals surface area contributed by atoms with Gasteiger partial charge in [0, 0.05) is 12.4 Å². The molecule has 1 heterocycles. The Morgan fingerprint density at radius 2 is 2.45 bits per heavy atom. The largest absolute Gasteiger partial charge is 0.345 e. The Kier molecular flexibility index (Phi) is 3.19. The minimum absolute atomic E-state index is 0.822. The normalized spacial score (nSPS) is 11.7. The molecule has 0 aliphatic heterocycles. The number of nitrogens with zero attached hydrogens (tertiary/aromatic N) is 1. The van der Waals surface area contributed by atoms with Crippen LogP contribution >= 0.6 is 0 Å². The van der Waals surface area contributed by atoms with Gasteiger partial charge in [-0.3, -0.25) is 0 Å². The first-order valence-corrected chi connectivity index (χ1v) is 3.55. The van der Waals surface area contributed by atoms with Gasteiger partial charge in [-0.15, -0.1) is 0 Å². The van der Waals surface area contributed by atoms with Crippen LogP contribution in [-0.4, -0.2) is 9.97 Å². The number of nitrogens with one attached hydrogen (secondary N) is 1. The van der Waals surface area contributed by atoms with Gasteiger partial charge in [0.05, 0.1) is 0 Å². The molecule has 0 amide bonds. The van der Waals surface area contributed by atoms with Crippen LogP contribution in [0, 0.1) is 6.92 Å². The fraction of sp³-hybridized carbons (Fsp3) is 0.111. The maximum atomic E-state index is 4.02. The molecule has 0 bridgehead atoms. The third kappa shape index (κ3) is 2.85. The molecule has 0 aliphatic rings. The quantitative estimate of drug-likeness (QED) is 0.652. The van der Waals surface area contributed by atoms with Crippen molar-refractivity contribution in [1.82, 2.24) is 9.97 Å². The Labute approximate surface area is 66.7 Å². The summed E-state index contributed by atoms with van der Waals surface area (Å²) in [6.07, 6.45) is 12.1. The van der Waals surface area contributed by atoms with E-state index in [0.29, 0.717) is 0 Å². The van der Waals surface area contributed by atoms with Crippen molar-refractivity contribution in [3.05, 3.63) is 43.4 Å². The van der Waals surface area contributed by atoms with Gasteiger partial charge in [-0.25, -0.2) is 4.98 Å². The summed E-state index contributed by atoms with van der Waals surface area (Å²) >= 11 is 0. The van der Waals surface area contributed by atoms with Gasteiger partial charge in [0.1, 0.15) is 5.82 Å². The summed E-state index contributed by atoms with van der Waals surface area (Å²) in [5, 5.41) is 0. The van der Waals surface area contributed by atoms with Gasteiger partial charge in [-0.05, 0) is 19.4 Å². The van der Waals surface area contributed by atoms with E-state index in [9.17, 15) is 0 Å². The number of imidazole rings is 1. The van der Waals surface area contributed by atoms with Gasteiger partial charge in [-0.1, -0.05) is 18.2 Å². The summed E-state index contributed by atoms with van der Waals surface area (Å²) in [5.74, 6) is 0.874. The minimum Gasteiger partial charge on any atom is -0.345 e. The number of aromatic amines is 1. The second-order valence-corrected chi connectivity index (χ2v) is 2.05. The van der Waals surface area contributed by atoms with Crippen molar-refractivity contribution in [3.8, 4) is 0 Å². The lowest BCUT2D eigenvalue weighted by Crippen LogP contribution is -1.70. The zero-order chi connectivity index (χ0) is 7.94. The molecular weight excluding hydrogens is 136 g/mol. The molecule has 0 spiro atoms. The zero-order valence-electron chi connectivity index (χ0n) is 6.33. The molecule has 0 saturated heterocycles. The van der Waals surface area contributed by atoms with Crippen molar-refractivity contribution < 1.29 is 0 Å². The summed E-state index contributed by atoms with van der Waals surface area (Å²) in [6, 6.07) is 0. The highest BCUT2D eigenvalue weighted by molar-refractivity contribution is 5.42. The van der Waals surface area contributed by atoms with Gasteiger partial charge >= 0.3 is 0 Å². The molecule has 1 aromatic heterocycles. The van der Waals surface area contributed by atoms with Crippen molar-refractivity contribution in [1.29, 1.82) is 0 Å². The third-order valence-electron chi connectivity index (χ3n) is 1.19. The van der Waals surface area contributed by atoms with Crippen LogP contribution in [0.25, 0.3) is 6.08 Å². The predicted molar refractivity (Wildman–Crippen MR) is 46.7 cm³/mol. The van der Waals surface area contributed by atoms with E-state index in [0.717, 1.165) is 12.2 Å². The van der Waals surface area contributed by atoms with Crippen molar-refractivity contribution in [3.63, 3.8) is 0 Å². The summed E-state index contributed by atoms with van der Waals surface area (Å²) in [4.78, 5) is 6.99. The third-order valence-corrected chi connectivity index (χ3v) is 1.19. The lowest BCUT2D eigenvalue weighted by atomic mass is 10.4. The Balaban J connectivity index is 2.43. The Hall–Kier alpha value is -1.31. The van der Waals surface area contributed by atoms with Crippen LogP contribution in [0.3, 0.4) is 0 Å². The number of H-pyrrole nitrogens is 1. The van der Waals surface area contributed by atoms with Crippen molar-refractivity contribution >= 4 is 6.08 Å². The van der Waals surface area contributed by atoms with Crippen LogP contribution in [0.4, 0.5) is 0 Å². The molecule has 2 nitrogen and oxygen atoms in total. The lowest BCUT2D eigenvalue weighted by molar-refractivity contribution is 1.26. The van der Waals surface area contributed by atoms with Gasteiger partial charge in [0.15, 0.2) is 0 Å². The van der Waals surface area contributed by atoms with Gasteiger partial charge < -0.3 is 4.98 Å². The first kappa shape index (κ1) is 7.79. The monoisotopic (exact) mass is 147 g/mol. The van der Waals surface area contributed by atoms with Crippen LogP contribution in [-0.2, 0) is 0 Å². The Morgan fingerprint density at radius 3 is 3.09 bits per heavy atom.